The number of hydrogen-bond donors (Lipinski definition) is 1. The zero-order valence-electron chi connectivity index (χ0n) is 10.2. The van der Waals surface area contributed by atoms with E-state index in [2.05, 4.69) is 31.2 Å². The molecule has 0 aliphatic heterocycles. The molecule has 1 saturated carbocycles. The molecule has 1 aliphatic rings. The van der Waals surface area contributed by atoms with Gasteiger partial charge in [-0.1, -0.05) is 25.0 Å². The highest BCUT2D eigenvalue weighted by molar-refractivity contribution is 5.96. The lowest BCUT2D eigenvalue weighted by Gasteiger charge is -2.24. The number of aryl methyl sites for hydroxylation is 1. The average Bonchev–Trinajstić information content (AvgIpc) is 2.80. The van der Waals surface area contributed by atoms with Crippen molar-refractivity contribution in [3.63, 3.8) is 0 Å². The summed E-state index contributed by atoms with van der Waals surface area (Å²) in [7, 11) is 2.01. The zero-order chi connectivity index (χ0) is 11.5. The van der Waals surface area contributed by atoms with Gasteiger partial charge in [-0.3, -0.25) is 5.41 Å². The Morgan fingerprint density at radius 3 is 2.62 bits per heavy atom. The van der Waals surface area contributed by atoms with E-state index in [1.54, 1.807) is 0 Å². The molecule has 2 rings (SSSR count). The molecule has 0 unspecified atom stereocenters. The minimum atomic E-state index is 0.477. The van der Waals surface area contributed by atoms with Crippen molar-refractivity contribution < 1.29 is 0 Å². The molecule has 0 bridgehead atoms. The van der Waals surface area contributed by atoms with Gasteiger partial charge in [-0.25, -0.2) is 0 Å². The van der Waals surface area contributed by atoms with E-state index in [1.807, 2.05) is 11.9 Å². The van der Waals surface area contributed by atoms with E-state index < -0.39 is 0 Å². The molecule has 0 atom stereocenters. The van der Waals surface area contributed by atoms with E-state index in [1.165, 1.54) is 31.2 Å². The first-order valence-electron chi connectivity index (χ1n) is 6.07. The molecule has 1 N–H and O–H groups in total. The number of hydrogen-bond acceptors (Lipinski definition) is 1. The normalized spacial score (nSPS) is 16.4. The maximum Gasteiger partial charge on any atom is 0.103 e. The third kappa shape index (κ3) is 2.26. The van der Waals surface area contributed by atoms with Crippen LogP contribution in [0.25, 0.3) is 0 Å². The van der Waals surface area contributed by atoms with Crippen LogP contribution in [0.4, 0.5) is 5.69 Å². The van der Waals surface area contributed by atoms with E-state index in [-0.39, 0.29) is 0 Å². The second-order valence-corrected chi connectivity index (χ2v) is 4.76. The standard InChI is InChI=1S/C14H20N2/c1-11-6-5-9-13(10-11)16(2)14(15)12-7-3-4-8-12/h5-6,9-10,12,15H,3-4,7-8H2,1-2H3. The first kappa shape index (κ1) is 11.2. The molecule has 86 valence electrons. The highest BCUT2D eigenvalue weighted by Gasteiger charge is 2.22. The van der Waals surface area contributed by atoms with Crippen LogP contribution in [0, 0.1) is 18.3 Å². The van der Waals surface area contributed by atoms with Gasteiger partial charge in [0.25, 0.3) is 0 Å². The van der Waals surface area contributed by atoms with E-state index in [0.29, 0.717) is 5.92 Å². The lowest BCUT2D eigenvalue weighted by atomic mass is 10.1. The second-order valence-electron chi connectivity index (χ2n) is 4.76. The fourth-order valence-electron chi connectivity index (χ4n) is 2.45. The Balaban J connectivity index is 2.11. The lowest BCUT2D eigenvalue weighted by molar-refractivity contribution is 0.710. The second kappa shape index (κ2) is 4.69. The first-order chi connectivity index (χ1) is 7.68. The van der Waals surface area contributed by atoms with Crippen LogP contribution in [0.5, 0.6) is 0 Å². The third-order valence-corrected chi connectivity index (χ3v) is 3.49. The van der Waals surface area contributed by atoms with Gasteiger partial charge in [-0.05, 0) is 37.5 Å². The number of benzene rings is 1. The molecule has 0 heterocycles. The first-order valence-corrected chi connectivity index (χ1v) is 6.07. The van der Waals surface area contributed by atoms with Crippen LogP contribution in [-0.2, 0) is 0 Å². The maximum atomic E-state index is 8.23. The van der Waals surface area contributed by atoms with Crippen molar-refractivity contribution >= 4 is 11.5 Å². The average molecular weight is 216 g/mol. The molecule has 1 aromatic carbocycles. The highest BCUT2D eigenvalue weighted by Crippen LogP contribution is 2.28. The van der Waals surface area contributed by atoms with Crippen molar-refractivity contribution in [2.45, 2.75) is 32.6 Å². The predicted molar refractivity (Wildman–Crippen MR) is 69.3 cm³/mol. The van der Waals surface area contributed by atoms with Crippen molar-refractivity contribution in [3.8, 4) is 0 Å². The predicted octanol–water partition coefficient (Wildman–Crippen LogP) is 3.60. The zero-order valence-corrected chi connectivity index (χ0v) is 10.2. The Bertz CT molecular complexity index is 378. The number of nitrogens with one attached hydrogen (secondary N) is 1. The molecule has 1 aliphatic carbocycles. The van der Waals surface area contributed by atoms with Crippen LogP contribution in [0.3, 0.4) is 0 Å². The van der Waals surface area contributed by atoms with Gasteiger partial charge < -0.3 is 4.90 Å². The molecule has 2 heteroatoms. The van der Waals surface area contributed by atoms with Crippen LogP contribution in [-0.4, -0.2) is 12.9 Å². The summed E-state index contributed by atoms with van der Waals surface area (Å²) >= 11 is 0. The van der Waals surface area contributed by atoms with Crippen molar-refractivity contribution in [2.75, 3.05) is 11.9 Å². The fourth-order valence-corrected chi connectivity index (χ4v) is 2.45. The fraction of sp³-hybridized carbons (Fsp3) is 0.500. The van der Waals surface area contributed by atoms with Crippen LogP contribution < -0.4 is 4.90 Å². The van der Waals surface area contributed by atoms with Gasteiger partial charge in [0.1, 0.15) is 5.84 Å². The van der Waals surface area contributed by atoms with Gasteiger partial charge in [-0.2, -0.15) is 0 Å². The summed E-state index contributed by atoms with van der Waals surface area (Å²) in [6.07, 6.45) is 4.95. The number of nitrogens with zero attached hydrogens (tertiary/aromatic N) is 1. The quantitative estimate of drug-likeness (QED) is 0.593. The van der Waals surface area contributed by atoms with Crippen LogP contribution >= 0.6 is 0 Å². The van der Waals surface area contributed by atoms with Gasteiger partial charge in [0.2, 0.25) is 0 Å². The third-order valence-electron chi connectivity index (χ3n) is 3.49. The van der Waals surface area contributed by atoms with Gasteiger partial charge in [-0.15, -0.1) is 0 Å². The molecule has 1 aromatic rings. The molecule has 0 aromatic heterocycles. The minimum Gasteiger partial charge on any atom is -0.333 e. The minimum absolute atomic E-state index is 0.477. The monoisotopic (exact) mass is 216 g/mol. The Morgan fingerprint density at radius 1 is 1.31 bits per heavy atom. The molecule has 0 amide bonds. The number of rotatable bonds is 2. The van der Waals surface area contributed by atoms with Crippen LogP contribution in [0.2, 0.25) is 0 Å². The number of amidine groups is 1. The van der Waals surface area contributed by atoms with E-state index in [4.69, 9.17) is 5.41 Å². The molecule has 0 radical (unpaired) electrons. The van der Waals surface area contributed by atoms with Gasteiger partial charge in [0.15, 0.2) is 0 Å². The summed E-state index contributed by atoms with van der Waals surface area (Å²) in [6, 6.07) is 8.37. The molecule has 0 spiro atoms. The Morgan fingerprint density at radius 2 is 2.00 bits per heavy atom. The summed E-state index contributed by atoms with van der Waals surface area (Å²) in [4.78, 5) is 2.03. The van der Waals surface area contributed by atoms with Gasteiger partial charge in [0.05, 0.1) is 0 Å². The summed E-state index contributed by atoms with van der Waals surface area (Å²) in [5.41, 5.74) is 2.39. The smallest absolute Gasteiger partial charge is 0.103 e. The molecule has 2 nitrogen and oxygen atoms in total. The van der Waals surface area contributed by atoms with E-state index in [9.17, 15) is 0 Å². The van der Waals surface area contributed by atoms with Crippen molar-refractivity contribution in [2.24, 2.45) is 5.92 Å². The van der Waals surface area contributed by atoms with Crippen molar-refractivity contribution in [1.29, 1.82) is 5.41 Å². The Hall–Kier alpha value is -1.31. The summed E-state index contributed by atoms with van der Waals surface area (Å²) in [6.45, 7) is 2.09. The number of anilines is 1. The van der Waals surface area contributed by atoms with E-state index in [0.717, 1.165) is 11.5 Å². The highest BCUT2D eigenvalue weighted by atomic mass is 15.1. The molecular formula is C14H20N2. The Labute approximate surface area is 97.8 Å². The van der Waals surface area contributed by atoms with Crippen LogP contribution in [0.1, 0.15) is 31.2 Å². The Kier molecular flexibility index (Phi) is 3.28. The molecule has 0 saturated heterocycles. The SMILES string of the molecule is Cc1cccc(N(C)C(=N)C2CCCC2)c1. The summed E-state index contributed by atoms with van der Waals surface area (Å²) in [5.74, 6) is 1.26. The summed E-state index contributed by atoms with van der Waals surface area (Å²) in [5, 5.41) is 8.23. The van der Waals surface area contributed by atoms with Crippen molar-refractivity contribution in [1.82, 2.24) is 0 Å². The van der Waals surface area contributed by atoms with E-state index >= 15 is 0 Å². The van der Waals surface area contributed by atoms with Gasteiger partial charge >= 0.3 is 0 Å². The molecule has 16 heavy (non-hydrogen) atoms. The molecular weight excluding hydrogens is 196 g/mol. The topological polar surface area (TPSA) is 27.1 Å². The lowest BCUT2D eigenvalue weighted by Crippen LogP contribution is -2.31. The van der Waals surface area contributed by atoms with Crippen LogP contribution in [0.15, 0.2) is 24.3 Å². The largest absolute Gasteiger partial charge is 0.333 e. The summed E-state index contributed by atoms with van der Waals surface area (Å²) < 4.78 is 0. The molecule has 1 fully saturated rings. The van der Waals surface area contributed by atoms with Gasteiger partial charge in [0, 0.05) is 18.7 Å². The van der Waals surface area contributed by atoms with Crippen molar-refractivity contribution in [3.05, 3.63) is 29.8 Å². The maximum absolute atomic E-state index is 8.23.